The summed E-state index contributed by atoms with van der Waals surface area (Å²) in [5.74, 6) is 1.20. The lowest BCUT2D eigenvalue weighted by Crippen LogP contribution is -2.48. The molecule has 0 amide bonds. The Bertz CT molecular complexity index is 435. The normalized spacial score (nSPS) is 18.1. The molecule has 0 aromatic carbocycles. The summed E-state index contributed by atoms with van der Waals surface area (Å²) in [7, 11) is 0. The third-order valence-electron chi connectivity index (χ3n) is 3.15. The average Bonchev–Trinajstić information content (AvgIpc) is 3.21. The standard InChI is InChI=1S/C13H18N4S/c1-3-17-13(8-14,11-4-5-11)9-18-12-15-6-10(2)7-16-12/h6-7,11,17H,3-5,9H2,1-2H3. The molecule has 96 valence electrons. The molecule has 1 aromatic rings. The number of thioether (sulfide) groups is 1. The fourth-order valence-electron chi connectivity index (χ4n) is 2.00. The molecule has 1 saturated carbocycles. The van der Waals surface area contributed by atoms with Gasteiger partial charge in [-0.1, -0.05) is 18.7 Å². The van der Waals surface area contributed by atoms with E-state index in [4.69, 9.17) is 0 Å². The lowest BCUT2D eigenvalue weighted by Gasteiger charge is -2.26. The lowest BCUT2D eigenvalue weighted by molar-refractivity contribution is 0.415. The minimum absolute atomic E-state index is 0.409. The van der Waals surface area contributed by atoms with Crippen LogP contribution in [0.25, 0.3) is 0 Å². The molecule has 1 N–H and O–H groups in total. The first-order valence-electron chi connectivity index (χ1n) is 6.28. The van der Waals surface area contributed by atoms with Crippen molar-refractivity contribution in [3.8, 4) is 6.07 Å². The van der Waals surface area contributed by atoms with E-state index in [1.54, 1.807) is 11.8 Å². The van der Waals surface area contributed by atoms with Crippen molar-refractivity contribution in [3.63, 3.8) is 0 Å². The van der Waals surface area contributed by atoms with Gasteiger partial charge in [-0.15, -0.1) is 0 Å². The molecule has 0 saturated heterocycles. The fourth-order valence-corrected chi connectivity index (χ4v) is 3.02. The Kier molecular flexibility index (Phi) is 4.20. The predicted octanol–water partition coefficient (Wildman–Crippen LogP) is 2.16. The van der Waals surface area contributed by atoms with Gasteiger partial charge in [0.25, 0.3) is 0 Å². The SMILES string of the molecule is CCNC(C#N)(CSc1ncc(C)cn1)C1CC1. The summed E-state index contributed by atoms with van der Waals surface area (Å²) in [4.78, 5) is 8.54. The molecule has 1 aliphatic carbocycles. The molecule has 0 spiro atoms. The van der Waals surface area contributed by atoms with E-state index in [2.05, 4.69) is 21.4 Å². The van der Waals surface area contributed by atoms with Crippen LogP contribution < -0.4 is 5.32 Å². The van der Waals surface area contributed by atoms with Gasteiger partial charge in [-0.3, -0.25) is 5.32 Å². The van der Waals surface area contributed by atoms with Crippen LogP contribution in [-0.4, -0.2) is 27.8 Å². The molecule has 4 nitrogen and oxygen atoms in total. The minimum atomic E-state index is -0.409. The van der Waals surface area contributed by atoms with Crippen LogP contribution in [0.1, 0.15) is 25.3 Å². The van der Waals surface area contributed by atoms with Gasteiger partial charge in [0.2, 0.25) is 0 Å². The number of hydrogen-bond acceptors (Lipinski definition) is 5. The van der Waals surface area contributed by atoms with Crippen molar-refractivity contribution in [2.75, 3.05) is 12.3 Å². The second-order valence-electron chi connectivity index (χ2n) is 4.72. The van der Waals surface area contributed by atoms with Crippen molar-refractivity contribution in [1.82, 2.24) is 15.3 Å². The number of hydrogen-bond donors (Lipinski definition) is 1. The molecular formula is C13H18N4S. The van der Waals surface area contributed by atoms with Crippen LogP contribution in [0.5, 0.6) is 0 Å². The van der Waals surface area contributed by atoms with Gasteiger partial charge < -0.3 is 0 Å². The Hall–Kier alpha value is -1.12. The third-order valence-corrected chi connectivity index (χ3v) is 4.22. The second-order valence-corrected chi connectivity index (χ2v) is 5.66. The first kappa shape index (κ1) is 13.3. The molecule has 1 unspecified atom stereocenters. The molecule has 5 heteroatoms. The second kappa shape index (κ2) is 5.68. The van der Waals surface area contributed by atoms with Gasteiger partial charge >= 0.3 is 0 Å². The summed E-state index contributed by atoms with van der Waals surface area (Å²) in [5.41, 5.74) is 0.646. The molecule has 1 atom stereocenters. The molecule has 18 heavy (non-hydrogen) atoms. The predicted molar refractivity (Wildman–Crippen MR) is 72.2 cm³/mol. The van der Waals surface area contributed by atoms with E-state index in [0.29, 0.717) is 11.7 Å². The third kappa shape index (κ3) is 3.01. The highest BCUT2D eigenvalue weighted by Gasteiger charge is 2.45. The Balaban J connectivity index is 2.01. The molecular weight excluding hydrogens is 244 g/mol. The molecule has 1 aromatic heterocycles. The molecule has 2 rings (SSSR count). The van der Waals surface area contributed by atoms with E-state index in [0.717, 1.165) is 30.1 Å². The van der Waals surface area contributed by atoms with Crippen molar-refractivity contribution in [3.05, 3.63) is 18.0 Å². The van der Waals surface area contributed by atoms with Crippen molar-refractivity contribution < 1.29 is 0 Å². The highest BCUT2D eigenvalue weighted by Crippen LogP contribution is 2.41. The lowest BCUT2D eigenvalue weighted by atomic mass is 9.98. The maximum atomic E-state index is 9.47. The van der Waals surface area contributed by atoms with Crippen molar-refractivity contribution >= 4 is 11.8 Å². The molecule has 1 aliphatic rings. The Labute approximate surface area is 112 Å². The maximum absolute atomic E-state index is 9.47. The van der Waals surface area contributed by atoms with E-state index >= 15 is 0 Å². The number of aryl methyl sites for hydroxylation is 1. The molecule has 0 aliphatic heterocycles. The Morgan fingerprint density at radius 2 is 2.17 bits per heavy atom. The van der Waals surface area contributed by atoms with E-state index in [1.165, 1.54) is 0 Å². The van der Waals surface area contributed by atoms with Crippen LogP contribution in [0.2, 0.25) is 0 Å². The summed E-state index contributed by atoms with van der Waals surface area (Å²) in [6, 6.07) is 2.47. The van der Waals surface area contributed by atoms with Gasteiger partial charge in [0, 0.05) is 18.1 Å². The van der Waals surface area contributed by atoms with Gasteiger partial charge in [-0.2, -0.15) is 5.26 Å². The van der Waals surface area contributed by atoms with Gasteiger partial charge in [0.15, 0.2) is 5.16 Å². The summed E-state index contributed by atoms with van der Waals surface area (Å²) >= 11 is 1.56. The number of aromatic nitrogens is 2. The van der Waals surface area contributed by atoms with Crippen LogP contribution in [0.4, 0.5) is 0 Å². The van der Waals surface area contributed by atoms with Crippen LogP contribution in [0.3, 0.4) is 0 Å². The zero-order chi connectivity index (χ0) is 13.0. The largest absolute Gasteiger partial charge is 0.299 e. The van der Waals surface area contributed by atoms with Gasteiger partial charge in [0.05, 0.1) is 6.07 Å². The zero-order valence-electron chi connectivity index (χ0n) is 10.8. The van der Waals surface area contributed by atoms with Gasteiger partial charge in [0.1, 0.15) is 5.54 Å². The highest BCUT2D eigenvalue weighted by molar-refractivity contribution is 7.99. The van der Waals surface area contributed by atoms with Gasteiger partial charge in [-0.05, 0) is 37.8 Å². The average molecular weight is 262 g/mol. The molecule has 0 bridgehead atoms. The van der Waals surface area contributed by atoms with Gasteiger partial charge in [-0.25, -0.2) is 9.97 Å². The van der Waals surface area contributed by atoms with E-state index in [-0.39, 0.29) is 0 Å². The minimum Gasteiger partial charge on any atom is -0.299 e. The van der Waals surface area contributed by atoms with Crippen molar-refractivity contribution in [2.45, 2.75) is 37.4 Å². The number of nitrogens with zero attached hydrogens (tertiary/aromatic N) is 3. The summed E-state index contributed by atoms with van der Waals surface area (Å²) in [5, 5.41) is 13.6. The Morgan fingerprint density at radius 3 is 2.67 bits per heavy atom. The first-order chi connectivity index (χ1) is 8.70. The van der Waals surface area contributed by atoms with Crippen LogP contribution >= 0.6 is 11.8 Å². The van der Waals surface area contributed by atoms with Crippen LogP contribution in [0.15, 0.2) is 17.6 Å². The quantitative estimate of drug-likeness (QED) is 0.629. The fraction of sp³-hybridized carbons (Fsp3) is 0.615. The highest BCUT2D eigenvalue weighted by atomic mass is 32.2. The van der Waals surface area contributed by atoms with Crippen molar-refractivity contribution in [1.29, 1.82) is 5.26 Å². The molecule has 1 heterocycles. The first-order valence-corrected chi connectivity index (χ1v) is 7.26. The van der Waals surface area contributed by atoms with E-state index in [1.807, 2.05) is 26.2 Å². The molecule has 1 fully saturated rings. The van der Waals surface area contributed by atoms with Crippen molar-refractivity contribution in [2.24, 2.45) is 5.92 Å². The van der Waals surface area contributed by atoms with Crippen LogP contribution in [-0.2, 0) is 0 Å². The van der Waals surface area contributed by atoms with E-state index in [9.17, 15) is 5.26 Å². The smallest absolute Gasteiger partial charge is 0.187 e. The topological polar surface area (TPSA) is 61.6 Å². The zero-order valence-corrected chi connectivity index (χ0v) is 11.6. The molecule has 0 radical (unpaired) electrons. The number of nitrogens with one attached hydrogen (secondary N) is 1. The number of rotatable bonds is 6. The maximum Gasteiger partial charge on any atom is 0.187 e. The Morgan fingerprint density at radius 1 is 1.50 bits per heavy atom. The summed E-state index contributed by atoms with van der Waals surface area (Å²) in [6.07, 6.45) is 5.92. The number of nitriles is 1. The van der Waals surface area contributed by atoms with Crippen LogP contribution in [0, 0.1) is 24.2 Å². The van der Waals surface area contributed by atoms with E-state index < -0.39 is 5.54 Å². The summed E-state index contributed by atoms with van der Waals surface area (Å²) < 4.78 is 0. The summed E-state index contributed by atoms with van der Waals surface area (Å²) in [6.45, 7) is 4.83. The monoisotopic (exact) mass is 262 g/mol.